The molecule has 0 aliphatic carbocycles. The highest BCUT2D eigenvalue weighted by Gasteiger charge is 2.16. The number of anilines is 2. The lowest BCUT2D eigenvalue weighted by Gasteiger charge is -2.21. The summed E-state index contributed by atoms with van der Waals surface area (Å²) in [6, 6.07) is 2.01. The highest BCUT2D eigenvalue weighted by molar-refractivity contribution is 5.42. The molecule has 4 nitrogen and oxygen atoms in total. The molecule has 94 valence electrons. The molecule has 1 aliphatic rings. The summed E-state index contributed by atoms with van der Waals surface area (Å²) in [5, 5.41) is 2.99. The number of nitrogens with one attached hydrogen (secondary N) is 1. The second-order valence-corrected chi connectivity index (χ2v) is 4.68. The number of hydrogen-bond donors (Lipinski definition) is 1. The van der Waals surface area contributed by atoms with Gasteiger partial charge in [-0.05, 0) is 31.2 Å². The number of aromatic nitrogens is 2. The molecule has 1 aromatic heterocycles. The van der Waals surface area contributed by atoms with Gasteiger partial charge in [-0.2, -0.15) is 4.98 Å². The van der Waals surface area contributed by atoms with E-state index in [1.165, 1.54) is 25.7 Å². The van der Waals surface area contributed by atoms with Crippen LogP contribution in [0.5, 0.6) is 0 Å². The van der Waals surface area contributed by atoms with Gasteiger partial charge in [0, 0.05) is 26.3 Å². The van der Waals surface area contributed by atoms with Crippen LogP contribution in [0.2, 0.25) is 0 Å². The number of hydrogen-bond acceptors (Lipinski definition) is 4. The van der Waals surface area contributed by atoms with Crippen LogP contribution in [0.4, 0.5) is 11.8 Å². The van der Waals surface area contributed by atoms with Crippen LogP contribution in [-0.2, 0) is 0 Å². The van der Waals surface area contributed by atoms with Crippen molar-refractivity contribution in [2.75, 3.05) is 30.4 Å². The van der Waals surface area contributed by atoms with Gasteiger partial charge in [-0.15, -0.1) is 0 Å². The van der Waals surface area contributed by atoms with Gasteiger partial charge in [-0.1, -0.05) is 13.3 Å². The molecule has 0 aromatic carbocycles. The Bertz CT molecular complexity index is 353. The van der Waals surface area contributed by atoms with Crippen LogP contribution in [0.1, 0.15) is 32.6 Å². The predicted octanol–water partition coefficient (Wildman–Crippen LogP) is 2.53. The molecule has 1 unspecified atom stereocenters. The van der Waals surface area contributed by atoms with Crippen molar-refractivity contribution in [3.63, 3.8) is 0 Å². The zero-order chi connectivity index (χ0) is 12.1. The molecule has 0 spiro atoms. The first-order valence-electron chi connectivity index (χ1n) is 6.59. The molecule has 0 amide bonds. The Kier molecular flexibility index (Phi) is 4.18. The van der Waals surface area contributed by atoms with Crippen molar-refractivity contribution < 1.29 is 0 Å². The van der Waals surface area contributed by atoms with Gasteiger partial charge < -0.3 is 10.2 Å². The van der Waals surface area contributed by atoms with E-state index in [1.807, 2.05) is 19.3 Å². The van der Waals surface area contributed by atoms with Gasteiger partial charge in [-0.25, -0.2) is 4.98 Å². The highest BCUT2D eigenvalue weighted by atomic mass is 15.2. The third-order valence-corrected chi connectivity index (χ3v) is 3.61. The largest absolute Gasteiger partial charge is 0.357 e. The molecule has 2 rings (SSSR count). The maximum absolute atomic E-state index is 4.51. The minimum absolute atomic E-state index is 0.707. The van der Waals surface area contributed by atoms with Crippen molar-refractivity contribution in [1.82, 2.24) is 9.97 Å². The molecule has 0 saturated carbocycles. The third-order valence-electron chi connectivity index (χ3n) is 3.61. The normalized spacial score (nSPS) is 21.1. The van der Waals surface area contributed by atoms with Crippen LogP contribution in [0.15, 0.2) is 12.3 Å². The topological polar surface area (TPSA) is 41.1 Å². The lowest BCUT2D eigenvalue weighted by Crippen LogP contribution is -2.25. The lowest BCUT2D eigenvalue weighted by molar-refractivity contribution is 0.459. The molecule has 17 heavy (non-hydrogen) atoms. The summed E-state index contributed by atoms with van der Waals surface area (Å²) in [7, 11) is 1.86. The standard InChI is InChI=1S/C13H22N4/c1-3-11-5-4-9-17(10-7-11)12-6-8-15-13(14-2)16-12/h6,8,11H,3-5,7,9-10H2,1-2H3,(H,14,15,16). The van der Waals surface area contributed by atoms with Gasteiger partial charge in [0.2, 0.25) is 5.95 Å². The molecule has 1 saturated heterocycles. The second kappa shape index (κ2) is 5.84. The molecule has 0 radical (unpaired) electrons. The van der Waals surface area contributed by atoms with Crippen LogP contribution in [0, 0.1) is 5.92 Å². The first kappa shape index (κ1) is 12.1. The van der Waals surface area contributed by atoms with Crippen molar-refractivity contribution >= 4 is 11.8 Å². The molecule has 0 bridgehead atoms. The molecule has 1 N–H and O–H groups in total. The Morgan fingerprint density at radius 1 is 1.41 bits per heavy atom. The van der Waals surface area contributed by atoms with Gasteiger partial charge in [0.1, 0.15) is 5.82 Å². The van der Waals surface area contributed by atoms with Crippen LogP contribution < -0.4 is 10.2 Å². The van der Waals surface area contributed by atoms with E-state index in [-0.39, 0.29) is 0 Å². The fourth-order valence-corrected chi connectivity index (χ4v) is 2.45. The van der Waals surface area contributed by atoms with Crippen molar-refractivity contribution in [3.8, 4) is 0 Å². The molecule has 2 heterocycles. The zero-order valence-corrected chi connectivity index (χ0v) is 10.8. The molecular weight excluding hydrogens is 212 g/mol. The van der Waals surface area contributed by atoms with Gasteiger partial charge in [0.15, 0.2) is 0 Å². The van der Waals surface area contributed by atoms with E-state index in [0.29, 0.717) is 5.95 Å². The molecule has 1 atom stereocenters. The van der Waals surface area contributed by atoms with E-state index in [4.69, 9.17) is 0 Å². The fraction of sp³-hybridized carbons (Fsp3) is 0.692. The minimum Gasteiger partial charge on any atom is -0.357 e. The van der Waals surface area contributed by atoms with Crippen LogP contribution >= 0.6 is 0 Å². The van der Waals surface area contributed by atoms with Gasteiger partial charge in [0.25, 0.3) is 0 Å². The number of nitrogens with zero attached hydrogens (tertiary/aromatic N) is 3. The van der Waals surface area contributed by atoms with Gasteiger partial charge >= 0.3 is 0 Å². The Labute approximate surface area is 103 Å². The predicted molar refractivity (Wildman–Crippen MR) is 71.4 cm³/mol. The Morgan fingerprint density at radius 3 is 3.06 bits per heavy atom. The summed E-state index contributed by atoms with van der Waals surface area (Å²) in [5.41, 5.74) is 0. The smallest absolute Gasteiger partial charge is 0.224 e. The molecular formula is C13H22N4. The summed E-state index contributed by atoms with van der Waals surface area (Å²) in [6.07, 6.45) is 7.06. The minimum atomic E-state index is 0.707. The summed E-state index contributed by atoms with van der Waals surface area (Å²) < 4.78 is 0. The third kappa shape index (κ3) is 3.08. The van der Waals surface area contributed by atoms with Crippen molar-refractivity contribution in [1.29, 1.82) is 0 Å². The van der Waals surface area contributed by atoms with E-state index >= 15 is 0 Å². The average Bonchev–Trinajstić information content (AvgIpc) is 2.64. The summed E-state index contributed by atoms with van der Waals surface area (Å²) in [6.45, 7) is 4.54. The monoisotopic (exact) mass is 234 g/mol. The highest BCUT2D eigenvalue weighted by Crippen LogP contribution is 2.23. The first-order chi connectivity index (χ1) is 8.33. The molecule has 4 heteroatoms. The van der Waals surface area contributed by atoms with Crippen molar-refractivity contribution in [2.24, 2.45) is 5.92 Å². The Balaban J connectivity index is 2.05. The van der Waals surface area contributed by atoms with Crippen LogP contribution in [-0.4, -0.2) is 30.1 Å². The molecule has 1 fully saturated rings. The maximum atomic E-state index is 4.51. The van der Waals surface area contributed by atoms with E-state index in [9.17, 15) is 0 Å². The molecule has 1 aromatic rings. The van der Waals surface area contributed by atoms with E-state index in [2.05, 4.69) is 27.1 Å². The Hall–Kier alpha value is -1.32. The summed E-state index contributed by atoms with van der Waals surface area (Å²) in [5.74, 6) is 2.66. The maximum Gasteiger partial charge on any atom is 0.224 e. The quantitative estimate of drug-likeness (QED) is 0.872. The zero-order valence-electron chi connectivity index (χ0n) is 10.8. The lowest BCUT2D eigenvalue weighted by atomic mass is 9.98. The Morgan fingerprint density at radius 2 is 2.29 bits per heavy atom. The fourth-order valence-electron chi connectivity index (χ4n) is 2.45. The SMILES string of the molecule is CCC1CCCN(c2ccnc(NC)n2)CC1. The van der Waals surface area contributed by atoms with Crippen LogP contribution in [0.25, 0.3) is 0 Å². The van der Waals surface area contributed by atoms with Gasteiger partial charge in [-0.3, -0.25) is 0 Å². The van der Waals surface area contributed by atoms with Crippen molar-refractivity contribution in [3.05, 3.63) is 12.3 Å². The average molecular weight is 234 g/mol. The van der Waals surface area contributed by atoms with E-state index < -0.39 is 0 Å². The van der Waals surface area contributed by atoms with E-state index in [0.717, 1.165) is 24.8 Å². The summed E-state index contributed by atoms with van der Waals surface area (Å²) >= 11 is 0. The van der Waals surface area contributed by atoms with Crippen LogP contribution in [0.3, 0.4) is 0 Å². The van der Waals surface area contributed by atoms with Gasteiger partial charge in [0.05, 0.1) is 0 Å². The second-order valence-electron chi connectivity index (χ2n) is 4.68. The molecule has 1 aliphatic heterocycles. The summed E-state index contributed by atoms with van der Waals surface area (Å²) in [4.78, 5) is 11.1. The first-order valence-corrected chi connectivity index (χ1v) is 6.59. The van der Waals surface area contributed by atoms with Crippen molar-refractivity contribution in [2.45, 2.75) is 32.6 Å². The van der Waals surface area contributed by atoms with E-state index in [1.54, 1.807) is 0 Å². The number of rotatable bonds is 3.